The van der Waals surface area contributed by atoms with Crippen molar-refractivity contribution in [1.82, 2.24) is 0 Å². The summed E-state index contributed by atoms with van der Waals surface area (Å²) in [5, 5.41) is 10.9. The zero-order valence-electron chi connectivity index (χ0n) is 11.0. The average molecular weight is 328 g/mol. The molecule has 1 aromatic carbocycles. The first-order valence-electron chi connectivity index (χ1n) is 6.61. The van der Waals surface area contributed by atoms with Crippen LogP contribution < -0.4 is 0 Å². The van der Waals surface area contributed by atoms with Crippen molar-refractivity contribution in [1.29, 1.82) is 0 Å². The molecule has 1 aliphatic carbocycles. The van der Waals surface area contributed by atoms with E-state index in [1.807, 2.05) is 6.07 Å². The molecule has 2 unspecified atom stereocenters. The summed E-state index contributed by atoms with van der Waals surface area (Å²) in [6.45, 7) is 2.68. The molecule has 0 saturated heterocycles. The molecule has 2 atom stereocenters. The van der Waals surface area contributed by atoms with Crippen LogP contribution in [-0.4, -0.2) is 11.0 Å². The van der Waals surface area contributed by atoms with Gasteiger partial charge in [-0.1, -0.05) is 31.9 Å². The van der Waals surface area contributed by atoms with E-state index in [0.717, 1.165) is 18.4 Å². The van der Waals surface area contributed by atoms with Crippen LogP contribution in [0.3, 0.4) is 0 Å². The van der Waals surface area contributed by atoms with E-state index < -0.39 is 0 Å². The van der Waals surface area contributed by atoms with Crippen molar-refractivity contribution in [3.8, 4) is 0 Å². The number of ether oxygens (including phenoxy) is 1. The lowest BCUT2D eigenvalue weighted by Gasteiger charge is -2.26. The number of nitro groups is 1. The molecule has 1 fully saturated rings. The molecule has 0 radical (unpaired) electrons. The van der Waals surface area contributed by atoms with E-state index in [1.54, 1.807) is 6.07 Å². The SMILES string of the molecule is CC1CCCC(OCc2cccc([N+](=O)[O-])c2Br)C1. The van der Waals surface area contributed by atoms with Gasteiger partial charge in [0.25, 0.3) is 5.69 Å². The fourth-order valence-corrected chi connectivity index (χ4v) is 3.08. The third-order valence-corrected chi connectivity index (χ3v) is 4.53. The van der Waals surface area contributed by atoms with Crippen molar-refractivity contribution in [2.75, 3.05) is 0 Å². The lowest BCUT2D eigenvalue weighted by molar-refractivity contribution is -0.385. The van der Waals surface area contributed by atoms with E-state index in [0.29, 0.717) is 17.0 Å². The Hall–Kier alpha value is -0.940. The lowest BCUT2D eigenvalue weighted by Crippen LogP contribution is -2.21. The predicted molar refractivity (Wildman–Crippen MR) is 77.0 cm³/mol. The molecule has 2 rings (SSSR count). The van der Waals surface area contributed by atoms with Crippen LogP contribution in [-0.2, 0) is 11.3 Å². The van der Waals surface area contributed by atoms with Crippen LogP contribution in [0.25, 0.3) is 0 Å². The Morgan fingerprint density at radius 3 is 2.95 bits per heavy atom. The second-order valence-electron chi connectivity index (χ2n) is 5.21. The molecule has 5 heteroatoms. The highest BCUT2D eigenvalue weighted by Gasteiger charge is 2.20. The molecule has 1 aromatic rings. The van der Waals surface area contributed by atoms with E-state index >= 15 is 0 Å². The quantitative estimate of drug-likeness (QED) is 0.606. The van der Waals surface area contributed by atoms with Crippen LogP contribution in [0.4, 0.5) is 5.69 Å². The van der Waals surface area contributed by atoms with E-state index in [-0.39, 0.29) is 16.7 Å². The normalized spacial score (nSPS) is 23.3. The number of halogens is 1. The van der Waals surface area contributed by atoms with Crippen molar-refractivity contribution in [3.05, 3.63) is 38.3 Å². The molecule has 19 heavy (non-hydrogen) atoms. The monoisotopic (exact) mass is 327 g/mol. The Labute approximate surface area is 121 Å². The summed E-state index contributed by atoms with van der Waals surface area (Å²) in [5.74, 6) is 0.715. The van der Waals surface area contributed by atoms with Gasteiger partial charge in [-0.25, -0.2) is 0 Å². The standard InChI is InChI=1S/C14H18BrNO3/c1-10-4-2-6-12(8-10)19-9-11-5-3-7-13(14(11)15)16(17)18/h3,5,7,10,12H,2,4,6,8-9H2,1H3. The molecular weight excluding hydrogens is 310 g/mol. The Morgan fingerprint density at radius 1 is 1.47 bits per heavy atom. The van der Waals surface area contributed by atoms with Gasteiger partial charge in [-0.2, -0.15) is 0 Å². The Kier molecular flexibility index (Phi) is 4.93. The highest BCUT2D eigenvalue weighted by molar-refractivity contribution is 9.10. The number of nitrogens with zero attached hydrogens (tertiary/aromatic N) is 1. The van der Waals surface area contributed by atoms with Gasteiger partial charge in [-0.15, -0.1) is 0 Å². The smallest absolute Gasteiger partial charge is 0.283 e. The number of nitro benzene ring substituents is 1. The lowest BCUT2D eigenvalue weighted by atomic mass is 9.89. The van der Waals surface area contributed by atoms with Crippen molar-refractivity contribution >= 4 is 21.6 Å². The van der Waals surface area contributed by atoms with Crippen molar-refractivity contribution in [3.63, 3.8) is 0 Å². The van der Waals surface area contributed by atoms with Crippen LogP contribution >= 0.6 is 15.9 Å². The fourth-order valence-electron chi connectivity index (χ4n) is 2.56. The molecule has 0 bridgehead atoms. The van der Waals surface area contributed by atoms with Crippen LogP contribution in [0, 0.1) is 16.0 Å². The van der Waals surface area contributed by atoms with Gasteiger partial charge >= 0.3 is 0 Å². The van der Waals surface area contributed by atoms with E-state index in [2.05, 4.69) is 22.9 Å². The van der Waals surface area contributed by atoms with Crippen molar-refractivity contribution in [2.45, 2.75) is 45.3 Å². The first-order chi connectivity index (χ1) is 9.08. The Morgan fingerprint density at radius 2 is 2.26 bits per heavy atom. The number of hydrogen-bond acceptors (Lipinski definition) is 3. The Balaban J connectivity index is 1.99. The third kappa shape index (κ3) is 3.76. The summed E-state index contributed by atoms with van der Waals surface area (Å²) < 4.78 is 6.43. The van der Waals surface area contributed by atoms with E-state index in [9.17, 15) is 10.1 Å². The maximum atomic E-state index is 10.9. The van der Waals surface area contributed by atoms with E-state index in [4.69, 9.17) is 4.74 Å². The van der Waals surface area contributed by atoms with Gasteiger partial charge in [-0.3, -0.25) is 10.1 Å². The highest BCUT2D eigenvalue weighted by atomic mass is 79.9. The van der Waals surface area contributed by atoms with Gasteiger partial charge in [0, 0.05) is 6.07 Å². The van der Waals surface area contributed by atoms with Gasteiger partial charge in [0.15, 0.2) is 0 Å². The fraction of sp³-hybridized carbons (Fsp3) is 0.571. The first-order valence-corrected chi connectivity index (χ1v) is 7.40. The minimum Gasteiger partial charge on any atom is -0.373 e. The average Bonchev–Trinajstić information content (AvgIpc) is 2.37. The molecule has 0 aliphatic heterocycles. The maximum Gasteiger partial charge on any atom is 0.283 e. The van der Waals surface area contributed by atoms with Crippen LogP contribution in [0.15, 0.2) is 22.7 Å². The molecular formula is C14H18BrNO3. The maximum absolute atomic E-state index is 10.9. The van der Waals surface area contributed by atoms with Crippen molar-refractivity contribution < 1.29 is 9.66 Å². The predicted octanol–water partition coefficient (Wildman–Crippen LogP) is 4.45. The summed E-state index contributed by atoms with van der Waals surface area (Å²) in [6.07, 6.45) is 4.96. The Bertz CT molecular complexity index is 464. The zero-order chi connectivity index (χ0) is 13.8. The second kappa shape index (κ2) is 6.48. The van der Waals surface area contributed by atoms with Crippen LogP contribution in [0.1, 0.15) is 38.2 Å². The molecule has 0 heterocycles. The van der Waals surface area contributed by atoms with Crippen LogP contribution in [0.5, 0.6) is 0 Å². The van der Waals surface area contributed by atoms with Gasteiger partial charge < -0.3 is 4.74 Å². The van der Waals surface area contributed by atoms with Gasteiger partial charge in [0.2, 0.25) is 0 Å². The first kappa shape index (κ1) is 14.5. The minimum atomic E-state index is -0.379. The summed E-state index contributed by atoms with van der Waals surface area (Å²) in [4.78, 5) is 10.5. The summed E-state index contributed by atoms with van der Waals surface area (Å²) in [7, 11) is 0. The molecule has 1 aliphatic rings. The molecule has 0 N–H and O–H groups in total. The molecule has 0 amide bonds. The number of benzene rings is 1. The second-order valence-corrected chi connectivity index (χ2v) is 6.01. The molecule has 4 nitrogen and oxygen atoms in total. The van der Waals surface area contributed by atoms with Crippen LogP contribution in [0.2, 0.25) is 0 Å². The molecule has 1 saturated carbocycles. The van der Waals surface area contributed by atoms with Crippen molar-refractivity contribution in [2.24, 2.45) is 5.92 Å². The molecule has 0 aromatic heterocycles. The number of hydrogen-bond donors (Lipinski definition) is 0. The van der Waals surface area contributed by atoms with E-state index in [1.165, 1.54) is 18.9 Å². The highest BCUT2D eigenvalue weighted by Crippen LogP contribution is 2.31. The molecule has 0 spiro atoms. The van der Waals surface area contributed by atoms with Gasteiger partial charge in [0.05, 0.1) is 17.6 Å². The summed E-state index contributed by atoms with van der Waals surface area (Å²) >= 11 is 3.30. The molecule has 104 valence electrons. The third-order valence-electron chi connectivity index (χ3n) is 3.62. The largest absolute Gasteiger partial charge is 0.373 e. The number of rotatable bonds is 4. The summed E-state index contributed by atoms with van der Waals surface area (Å²) in [6, 6.07) is 5.06. The minimum absolute atomic E-state index is 0.0955. The van der Waals surface area contributed by atoms with Gasteiger partial charge in [-0.05, 0) is 40.3 Å². The summed E-state index contributed by atoms with van der Waals surface area (Å²) in [5.41, 5.74) is 0.936. The zero-order valence-corrected chi connectivity index (χ0v) is 12.6. The van der Waals surface area contributed by atoms with Gasteiger partial charge in [0.1, 0.15) is 4.47 Å². The topological polar surface area (TPSA) is 52.4 Å².